The van der Waals surface area contributed by atoms with Gasteiger partial charge in [0.25, 0.3) is 0 Å². The Balaban J connectivity index is 2.06. The zero-order chi connectivity index (χ0) is 13.3. The summed E-state index contributed by atoms with van der Waals surface area (Å²) in [5.74, 6) is -0.502. The third-order valence-electron chi connectivity index (χ3n) is 3.61. The first kappa shape index (κ1) is 13.1. The maximum Gasteiger partial charge on any atom is 0.321 e. The van der Waals surface area contributed by atoms with E-state index in [9.17, 15) is 9.90 Å². The van der Waals surface area contributed by atoms with E-state index in [4.69, 9.17) is 0 Å². The molecule has 1 N–H and O–H groups in total. The topological polar surface area (TPSA) is 58.4 Å². The minimum Gasteiger partial charge on any atom is -0.480 e. The standard InChI is InChI=1S/C13H21N3O2/c1-9(2)16-7-5-11(14-16)8-15-6-4-10(3)12(15)13(17)18/h5,7,9-10,12H,4,6,8H2,1-3H3,(H,17,18). The van der Waals surface area contributed by atoms with E-state index in [1.165, 1.54) is 0 Å². The Morgan fingerprint density at radius 2 is 2.33 bits per heavy atom. The third kappa shape index (κ3) is 2.56. The fourth-order valence-corrected chi connectivity index (χ4v) is 2.56. The number of rotatable bonds is 4. The van der Waals surface area contributed by atoms with Crippen LogP contribution in [0.4, 0.5) is 0 Å². The first-order valence-electron chi connectivity index (χ1n) is 6.50. The number of carboxylic acid groups (broad SMARTS) is 1. The average Bonchev–Trinajstić information content (AvgIpc) is 2.86. The normalized spacial score (nSPS) is 24.9. The van der Waals surface area contributed by atoms with Gasteiger partial charge in [-0.15, -0.1) is 0 Å². The van der Waals surface area contributed by atoms with Gasteiger partial charge in [0, 0.05) is 18.8 Å². The van der Waals surface area contributed by atoms with Crippen LogP contribution >= 0.6 is 0 Å². The lowest BCUT2D eigenvalue weighted by Gasteiger charge is -2.22. The van der Waals surface area contributed by atoms with E-state index < -0.39 is 5.97 Å². The van der Waals surface area contributed by atoms with E-state index in [1.54, 1.807) is 0 Å². The lowest BCUT2D eigenvalue weighted by Crippen LogP contribution is -2.38. The minimum absolute atomic E-state index is 0.217. The van der Waals surface area contributed by atoms with E-state index in [-0.39, 0.29) is 12.0 Å². The van der Waals surface area contributed by atoms with Crippen molar-refractivity contribution in [3.8, 4) is 0 Å². The van der Waals surface area contributed by atoms with Gasteiger partial charge in [-0.25, -0.2) is 0 Å². The van der Waals surface area contributed by atoms with Crippen molar-refractivity contribution in [2.75, 3.05) is 6.54 Å². The van der Waals surface area contributed by atoms with Crippen molar-refractivity contribution >= 4 is 5.97 Å². The highest BCUT2D eigenvalue weighted by atomic mass is 16.4. The summed E-state index contributed by atoms with van der Waals surface area (Å²) in [6, 6.07) is 1.95. The summed E-state index contributed by atoms with van der Waals surface area (Å²) >= 11 is 0. The van der Waals surface area contributed by atoms with Crippen LogP contribution in [0.15, 0.2) is 12.3 Å². The number of nitrogens with zero attached hydrogens (tertiary/aromatic N) is 3. The minimum atomic E-state index is -0.719. The molecule has 2 rings (SSSR count). The van der Waals surface area contributed by atoms with Crippen molar-refractivity contribution in [3.63, 3.8) is 0 Å². The van der Waals surface area contributed by atoms with Gasteiger partial charge in [-0.2, -0.15) is 5.10 Å². The molecule has 1 aliphatic rings. The molecule has 0 spiro atoms. The Kier molecular flexibility index (Phi) is 3.71. The van der Waals surface area contributed by atoms with E-state index in [0.717, 1.165) is 18.7 Å². The molecule has 100 valence electrons. The highest BCUT2D eigenvalue weighted by Crippen LogP contribution is 2.25. The Morgan fingerprint density at radius 1 is 1.61 bits per heavy atom. The van der Waals surface area contributed by atoms with Gasteiger partial charge < -0.3 is 5.11 Å². The zero-order valence-electron chi connectivity index (χ0n) is 11.2. The van der Waals surface area contributed by atoms with Crippen LogP contribution in [-0.2, 0) is 11.3 Å². The molecule has 1 fully saturated rings. The molecule has 0 saturated carbocycles. The van der Waals surface area contributed by atoms with Crippen molar-refractivity contribution in [3.05, 3.63) is 18.0 Å². The number of hydrogen-bond acceptors (Lipinski definition) is 3. The Morgan fingerprint density at radius 3 is 2.89 bits per heavy atom. The van der Waals surface area contributed by atoms with Crippen molar-refractivity contribution in [2.24, 2.45) is 5.92 Å². The van der Waals surface area contributed by atoms with Gasteiger partial charge in [0.1, 0.15) is 6.04 Å². The first-order valence-corrected chi connectivity index (χ1v) is 6.50. The molecule has 1 aliphatic heterocycles. The number of likely N-dealkylation sites (tertiary alicyclic amines) is 1. The summed E-state index contributed by atoms with van der Waals surface area (Å²) in [7, 11) is 0. The molecular weight excluding hydrogens is 230 g/mol. The predicted octanol–water partition coefficient (Wildman–Crippen LogP) is 1.76. The number of carboxylic acids is 1. The monoisotopic (exact) mass is 251 g/mol. The molecule has 0 amide bonds. The fourth-order valence-electron chi connectivity index (χ4n) is 2.56. The van der Waals surface area contributed by atoms with Crippen LogP contribution in [-0.4, -0.2) is 38.3 Å². The van der Waals surface area contributed by atoms with Crippen LogP contribution in [0.5, 0.6) is 0 Å². The van der Waals surface area contributed by atoms with Crippen LogP contribution in [0.1, 0.15) is 38.9 Å². The van der Waals surface area contributed by atoms with Gasteiger partial charge >= 0.3 is 5.97 Å². The summed E-state index contributed by atoms with van der Waals surface area (Å²) in [6.07, 6.45) is 2.90. The fraction of sp³-hybridized carbons (Fsp3) is 0.692. The molecule has 2 atom stereocenters. The predicted molar refractivity (Wildman–Crippen MR) is 68.2 cm³/mol. The molecule has 2 heterocycles. The van der Waals surface area contributed by atoms with Crippen molar-refractivity contribution in [2.45, 2.75) is 45.8 Å². The summed E-state index contributed by atoms with van der Waals surface area (Å²) in [5.41, 5.74) is 0.948. The second-order valence-electron chi connectivity index (χ2n) is 5.40. The van der Waals surface area contributed by atoms with Crippen LogP contribution in [0, 0.1) is 5.92 Å². The molecular formula is C13H21N3O2. The van der Waals surface area contributed by atoms with Gasteiger partial charge in [-0.1, -0.05) is 6.92 Å². The lowest BCUT2D eigenvalue weighted by molar-refractivity contribution is -0.143. The van der Waals surface area contributed by atoms with E-state index >= 15 is 0 Å². The Labute approximate surface area is 107 Å². The van der Waals surface area contributed by atoms with E-state index in [0.29, 0.717) is 12.6 Å². The number of aromatic nitrogens is 2. The van der Waals surface area contributed by atoms with Gasteiger partial charge in [-0.3, -0.25) is 14.4 Å². The first-order chi connectivity index (χ1) is 8.49. The number of carbonyl (C=O) groups is 1. The van der Waals surface area contributed by atoms with Gasteiger partial charge in [0.05, 0.1) is 5.69 Å². The molecule has 0 aromatic carbocycles. The smallest absolute Gasteiger partial charge is 0.321 e. The number of hydrogen-bond donors (Lipinski definition) is 1. The average molecular weight is 251 g/mol. The van der Waals surface area contributed by atoms with Crippen LogP contribution in [0.3, 0.4) is 0 Å². The second-order valence-corrected chi connectivity index (χ2v) is 5.40. The second kappa shape index (κ2) is 5.10. The summed E-state index contributed by atoms with van der Waals surface area (Å²) in [6.45, 7) is 7.63. The van der Waals surface area contributed by atoms with Gasteiger partial charge in [0.15, 0.2) is 0 Å². The molecule has 5 nitrogen and oxygen atoms in total. The maximum atomic E-state index is 11.3. The quantitative estimate of drug-likeness (QED) is 0.886. The maximum absolute atomic E-state index is 11.3. The van der Waals surface area contributed by atoms with Crippen molar-refractivity contribution in [1.82, 2.24) is 14.7 Å². The van der Waals surface area contributed by atoms with Gasteiger partial charge in [-0.05, 0) is 38.8 Å². The van der Waals surface area contributed by atoms with Crippen LogP contribution < -0.4 is 0 Å². The van der Waals surface area contributed by atoms with Crippen LogP contribution in [0.25, 0.3) is 0 Å². The molecule has 0 bridgehead atoms. The molecule has 0 radical (unpaired) electrons. The summed E-state index contributed by atoms with van der Waals surface area (Å²) in [5, 5.41) is 13.7. The van der Waals surface area contributed by atoms with Crippen LogP contribution in [0.2, 0.25) is 0 Å². The highest BCUT2D eigenvalue weighted by molar-refractivity contribution is 5.74. The highest BCUT2D eigenvalue weighted by Gasteiger charge is 2.36. The van der Waals surface area contributed by atoms with Crippen molar-refractivity contribution < 1.29 is 9.90 Å². The lowest BCUT2D eigenvalue weighted by atomic mass is 10.0. The zero-order valence-corrected chi connectivity index (χ0v) is 11.2. The van der Waals surface area contributed by atoms with E-state index in [1.807, 2.05) is 28.8 Å². The molecule has 5 heteroatoms. The Hall–Kier alpha value is -1.36. The molecule has 2 unspecified atom stereocenters. The van der Waals surface area contributed by atoms with E-state index in [2.05, 4.69) is 18.9 Å². The van der Waals surface area contributed by atoms with Crippen molar-refractivity contribution in [1.29, 1.82) is 0 Å². The van der Waals surface area contributed by atoms with Gasteiger partial charge in [0.2, 0.25) is 0 Å². The largest absolute Gasteiger partial charge is 0.480 e. The molecule has 18 heavy (non-hydrogen) atoms. The third-order valence-corrected chi connectivity index (χ3v) is 3.61. The molecule has 1 aromatic heterocycles. The summed E-state index contributed by atoms with van der Waals surface area (Å²) in [4.78, 5) is 13.3. The SMILES string of the molecule is CC1CCN(Cc2ccn(C(C)C)n2)C1C(=O)O. The molecule has 1 saturated heterocycles. The molecule has 0 aliphatic carbocycles. The summed E-state index contributed by atoms with van der Waals surface area (Å²) < 4.78 is 1.91. The molecule has 1 aromatic rings. The Bertz CT molecular complexity index is 428. The number of aliphatic carboxylic acids is 1.